The molecule has 0 aromatic heterocycles. The largest absolute Gasteiger partial charge is 0.325 e. The van der Waals surface area contributed by atoms with Crippen LogP contribution in [0.15, 0.2) is 0 Å². The van der Waals surface area contributed by atoms with Gasteiger partial charge >= 0.3 is 0 Å². The summed E-state index contributed by atoms with van der Waals surface area (Å²) >= 11 is 0. The lowest BCUT2D eigenvalue weighted by Crippen LogP contribution is -2.45. The van der Waals surface area contributed by atoms with Crippen molar-refractivity contribution in [2.75, 3.05) is 19.6 Å². The highest BCUT2D eigenvalue weighted by molar-refractivity contribution is 4.90. The Morgan fingerprint density at radius 3 is 2.31 bits per heavy atom. The van der Waals surface area contributed by atoms with Crippen LogP contribution >= 0.6 is 0 Å². The molecule has 1 heterocycles. The fourth-order valence-electron chi connectivity index (χ4n) is 3.54. The first-order valence-electron chi connectivity index (χ1n) is 7.23. The van der Waals surface area contributed by atoms with Crippen LogP contribution in [0.4, 0.5) is 0 Å². The first-order chi connectivity index (χ1) is 7.72. The summed E-state index contributed by atoms with van der Waals surface area (Å²) in [4.78, 5) is 2.57. The smallest absolute Gasteiger partial charge is 0.0157 e. The molecule has 0 spiro atoms. The first-order valence-corrected chi connectivity index (χ1v) is 7.23. The molecule has 94 valence electrons. The van der Waals surface area contributed by atoms with Gasteiger partial charge in [-0.25, -0.2) is 0 Å². The topological polar surface area (TPSA) is 29.3 Å². The molecule has 0 bridgehead atoms. The summed E-state index contributed by atoms with van der Waals surface area (Å²) in [6.45, 7) is 6.10. The molecule has 1 aliphatic carbocycles. The molecule has 16 heavy (non-hydrogen) atoms. The highest BCUT2D eigenvalue weighted by atomic mass is 15.1. The van der Waals surface area contributed by atoms with E-state index in [2.05, 4.69) is 11.8 Å². The van der Waals surface area contributed by atoms with E-state index < -0.39 is 0 Å². The molecule has 0 unspecified atom stereocenters. The van der Waals surface area contributed by atoms with E-state index in [0.29, 0.717) is 0 Å². The predicted octanol–water partition coefficient (Wildman–Crippen LogP) is 2.77. The molecule has 2 nitrogen and oxygen atoms in total. The highest BCUT2D eigenvalue weighted by Crippen LogP contribution is 2.34. The van der Waals surface area contributed by atoms with Gasteiger partial charge in [-0.05, 0) is 57.7 Å². The maximum absolute atomic E-state index is 6.54. The SMILES string of the molecule is CCN1CCC(CC2(N)CCCCC2)CC1. The van der Waals surface area contributed by atoms with Crippen LogP contribution in [-0.4, -0.2) is 30.1 Å². The Balaban J connectivity index is 1.77. The molecule has 2 N–H and O–H groups in total. The Morgan fingerprint density at radius 2 is 1.75 bits per heavy atom. The van der Waals surface area contributed by atoms with Gasteiger partial charge < -0.3 is 10.6 Å². The van der Waals surface area contributed by atoms with Crippen LogP contribution in [0, 0.1) is 5.92 Å². The second-order valence-corrected chi connectivity index (χ2v) is 6.00. The second kappa shape index (κ2) is 5.50. The minimum absolute atomic E-state index is 0.206. The van der Waals surface area contributed by atoms with Crippen LogP contribution < -0.4 is 5.73 Å². The summed E-state index contributed by atoms with van der Waals surface area (Å²) in [5, 5.41) is 0. The Kier molecular flexibility index (Phi) is 4.26. The lowest BCUT2D eigenvalue weighted by atomic mass is 9.74. The fraction of sp³-hybridized carbons (Fsp3) is 1.00. The van der Waals surface area contributed by atoms with Crippen molar-refractivity contribution in [2.45, 2.75) is 63.8 Å². The first kappa shape index (κ1) is 12.4. The number of hydrogen-bond acceptors (Lipinski definition) is 2. The maximum Gasteiger partial charge on any atom is 0.0157 e. The van der Waals surface area contributed by atoms with Crippen molar-refractivity contribution < 1.29 is 0 Å². The monoisotopic (exact) mass is 224 g/mol. The Labute approximate surface area is 101 Å². The molecular formula is C14H28N2. The van der Waals surface area contributed by atoms with E-state index in [1.807, 2.05) is 0 Å². The Morgan fingerprint density at radius 1 is 1.12 bits per heavy atom. The zero-order valence-electron chi connectivity index (χ0n) is 10.9. The predicted molar refractivity (Wildman–Crippen MR) is 69.5 cm³/mol. The zero-order chi connectivity index (χ0) is 11.4. The zero-order valence-corrected chi connectivity index (χ0v) is 10.9. The summed E-state index contributed by atoms with van der Waals surface area (Å²) in [6.07, 6.45) is 10.8. The molecule has 1 aliphatic heterocycles. The molecule has 0 radical (unpaired) electrons. The quantitative estimate of drug-likeness (QED) is 0.798. The van der Waals surface area contributed by atoms with Crippen molar-refractivity contribution in [3.8, 4) is 0 Å². The average Bonchev–Trinajstić information content (AvgIpc) is 2.30. The van der Waals surface area contributed by atoms with Gasteiger partial charge in [0.05, 0.1) is 0 Å². The summed E-state index contributed by atoms with van der Waals surface area (Å²) < 4.78 is 0. The van der Waals surface area contributed by atoms with E-state index in [1.54, 1.807) is 0 Å². The maximum atomic E-state index is 6.54. The lowest BCUT2D eigenvalue weighted by Gasteiger charge is -2.39. The van der Waals surface area contributed by atoms with Crippen molar-refractivity contribution >= 4 is 0 Å². The summed E-state index contributed by atoms with van der Waals surface area (Å²) in [6, 6.07) is 0. The number of piperidine rings is 1. The van der Waals surface area contributed by atoms with Crippen molar-refractivity contribution in [1.82, 2.24) is 4.90 Å². The van der Waals surface area contributed by atoms with Gasteiger partial charge in [0.2, 0.25) is 0 Å². The van der Waals surface area contributed by atoms with E-state index in [4.69, 9.17) is 5.73 Å². The van der Waals surface area contributed by atoms with E-state index in [0.717, 1.165) is 5.92 Å². The van der Waals surface area contributed by atoms with Crippen molar-refractivity contribution in [3.63, 3.8) is 0 Å². The van der Waals surface area contributed by atoms with E-state index in [1.165, 1.54) is 71.0 Å². The highest BCUT2D eigenvalue weighted by Gasteiger charge is 2.31. The molecular weight excluding hydrogens is 196 g/mol. The molecule has 2 aliphatic rings. The van der Waals surface area contributed by atoms with E-state index in [9.17, 15) is 0 Å². The summed E-state index contributed by atoms with van der Waals surface area (Å²) in [5.41, 5.74) is 6.75. The standard InChI is InChI=1S/C14H28N2/c1-2-16-10-6-13(7-11-16)12-14(15)8-4-3-5-9-14/h13H,2-12,15H2,1H3. The van der Waals surface area contributed by atoms with Crippen LogP contribution in [0.1, 0.15) is 58.3 Å². The van der Waals surface area contributed by atoms with Crippen LogP contribution in [0.5, 0.6) is 0 Å². The van der Waals surface area contributed by atoms with Gasteiger partial charge in [-0.15, -0.1) is 0 Å². The van der Waals surface area contributed by atoms with Gasteiger partial charge in [0.15, 0.2) is 0 Å². The molecule has 1 saturated heterocycles. The molecule has 2 fully saturated rings. The van der Waals surface area contributed by atoms with Crippen molar-refractivity contribution in [1.29, 1.82) is 0 Å². The number of nitrogens with two attached hydrogens (primary N) is 1. The minimum atomic E-state index is 0.206. The van der Waals surface area contributed by atoms with E-state index in [-0.39, 0.29) is 5.54 Å². The van der Waals surface area contributed by atoms with Gasteiger partial charge in [-0.1, -0.05) is 26.2 Å². The molecule has 2 rings (SSSR count). The third-order valence-corrected chi connectivity index (χ3v) is 4.70. The average molecular weight is 224 g/mol. The number of rotatable bonds is 3. The Hall–Kier alpha value is -0.0800. The Bertz CT molecular complexity index is 201. The molecule has 0 amide bonds. The van der Waals surface area contributed by atoms with Gasteiger partial charge in [-0.2, -0.15) is 0 Å². The number of hydrogen-bond donors (Lipinski definition) is 1. The van der Waals surface area contributed by atoms with Crippen LogP contribution in [0.2, 0.25) is 0 Å². The third-order valence-electron chi connectivity index (χ3n) is 4.70. The summed E-state index contributed by atoms with van der Waals surface area (Å²) in [7, 11) is 0. The van der Waals surface area contributed by atoms with Gasteiger partial charge in [-0.3, -0.25) is 0 Å². The fourth-order valence-corrected chi connectivity index (χ4v) is 3.54. The molecule has 0 aromatic rings. The molecule has 2 heteroatoms. The van der Waals surface area contributed by atoms with E-state index >= 15 is 0 Å². The molecule has 0 atom stereocenters. The minimum Gasteiger partial charge on any atom is -0.325 e. The normalized spacial score (nSPS) is 28.1. The molecule has 0 aromatic carbocycles. The van der Waals surface area contributed by atoms with Gasteiger partial charge in [0, 0.05) is 5.54 Å². The second-order valence-electron chi connectivity index (χ2n) is 6.00. The third kappa shape index (κ3) is 3.21. The van der Waals surface area contributed by atoms with Crippen molar-refractivity contribution in [3.05, 3.63) is 0 Å². The number of likely N-dealkylation sites (tertiary alicyclic amines) is 1. The van der Waals surface area contributed by atoms with Gasteiger partial charge in [0.25, 0.3) is 0 Å². The van der Waals surface area contributed by atoms with Crippen molar-refractivity contribution in [2.24, 2.45) is 11.7 Å². The van der Waals surface area contributed by atoms with Crippen LogP contribution in [-0.2, 0) is 0 Å². The number of nitrogens with zero attached hydrogens (tertiary/aromatic N) is 1. The lowest BCUT2D eigenvalue weighted by molar-refractivity contribution is 0.150. The van der Waals surface area contributed by atoms with Gasteiger partial charge in [0.1, 0.15) is 0 Å². The van der Waals surface area contributed by atoms with Crippen LogP contribution in [0.25, 0.3) is 0 Å². The summed E-state index contributed by atoms with van der Waals surface area (Å²) in [5.74, 6) is 0.908. The van der Waals surface area contributed by atoms with Crippen LogP contribution in [0.3, 0.4) is 0 Å². The molecule has 1 saturated carbocycles.